The summed E-state index contributed by atoms with van der Waals surface area (Å²) in [5, 5.41) is 2.52. The second-order valence-electron chi connectivity index (χ2n) is 12.6. The summed E-state index contributed by atoms with van der Waals surface area (Å²) in [6.45, 7) is 4.59. The Hall–Kier alpha value is -5.80. The van der Waals surface area contributed by atoms with Gasteiger partial charge in [-0.2, -0.15) is 0 Å². The van der Waals surface area contributed by atoms with Gasteiger partial charge in [0.1, 0.15) is 0 Å². The zero-order valence-corrected chi connectivity index (χ0v) is 25.8. The van der Waals surface area contributed by atoms with Gasteiger partial charge in [0, 0.05) is 44.1 Å². The van der Waals surface area contributed by atoms with Crippen molar-refractivity contribution in [3.05, 3.63) is 163 Å². The minimum atomic E-state index is -0.224. The largest absolute Gasteiger partial charge is 0.309 e. The van der Waals surface area contributed by atoms with E-state index < -0.39 is 0 Å². The van der Waals surface area contributed by atoms with Crippen LogP contribution in [-0.2, 0) is 5.41 Å². The van der Waals surface area contributed by atoms with Gasteiger partial charge in [0.15, 0.2) is 5.82 Å². The molecule has 3 heteroatoms. The lowest BCUT2D eigenvalue weighted by Crippen LogP contribution is -2.17. The van der Waals surface area contributed by atoms with Crippen molar-refractivity contribution in [2.45, 2.75) is 19.3 Å². The van der Waals surface area contributed by atoms with Crippen molar-refractivity contribution in [1.29, 1.82) is 0 Å². The number of para-hydroxylation sites is 2. The maximum atomic E-state index is 5.34. The first-order valence-corrected chi connectivity index (χ1v) is 15.9. The Labute approximate surface area is 268 Å². The van der Waals surface area contributed by atoms with Crippen molar-refractivity contribution in [2.24, 2.45) is 0 Å². The van der Waals surface area contributed by atoms with Gasteiger partial charge in [0.25, 0.3) is 0 Å². The second kappa shape index (κ2) is 10.1. The van der Waals surface area contributed by atoms with E-state index in [9.17, 15) is 0 Å². The summed E-state index contributed by atoms with van der Waals surface area (Å²) in [4.78, 5) is 10.6. The SMILES string of the molecule is CC1(C)c2ccccc2-c2nc(-c3ccc(-n4c5ccccc5c5ccccc54)cc3)nc(-c3ccc(-c4ccccc4)cc3)c21. The van der Waals surface area contributed by atoms with E-state index in [1.807, 2.05) is 0 Å². The molecule has 0 fully saturated rings. The fourth-order valence-electron chi connectivity index (χ4n) is 7.37. The van der Waals surface area contributed by atoms with Gasteiger partial charge in [-0.05, 0) is 53.1 Å². The van der Waals surface area contributed by atoms with Crippen molar-refractivity contribution in [3.8, 4) is 50.7 Å². The Balaban J connectivity index is 1.20. The van der Waals surface area contributed by atoms with Crippen molar-refractivity contribution in [3.63, 3.8) is 0 Å². The van der Waals surface area contributed by atoms with E-state index in [-0.39, 0.29) is 5.41 Å². The van der Waals surface area contributed by atoms with Gasteiger partial charge in [-0.25, -0.2) is 9.97 Å². The molecule has 0 unspecified atom stereocenters. The third kappa shape index (κ3) is 3.98. The minimum Gasteiger partial charge on any atom is -0.309 e. The molecule has 0 spiro atoms. The molecule has 0 bridgehead atoms. The zero-order valence-electron chi connectivity index (χ0n) is 25.8. The van der Waals surface area contributed by atoms with Crippen LogP contribution in [0.3, 0.4) is 0 Å². The van der Waals surface area contributed by atoms with Crippen LogP contribution in [-0.4, -0.2) is 14.5 Å². The molecule has 1 aliphatic carbocycles. The van der Waals surface area contributed by atoms with Gasteiger partial charge in [-0.15, -0.1) is 0 Å². The molecule has 9 rings (SSSR count). The molecule has 0 atom stereocenters. The monoisotopic (exact) mass is 589 g/mol. The van der Waals surface area contributed by atoms with Crippen molar-refractivity contribution in [2.75, 3.05) is 0 Å². The van der Waals surface area contributed by atoms with Crippen LogP contribution >= 0.6 is 0 Å². The van der Waals surface area contributed by atoms with E-state index in [0.717, 1.165) is 34.0 Å². The molecule has 6 aromatic carbocycles. The van der Waals surface area contributed by atoms with Gasteiger partial charge >= 0.3 is 0 Å². The minimum absolute atomic E-state index is 0.224. The van der Waals surface area contributed by atoms with Crippen molar-refractivity contribution < 1.29 is 0 Å². The van der Waals surface area contributed by atoms with Crippen LogP contribution in [0.5, 0.6) is 0 Å². The lowest BCUT2D eigenvalue weighted by molar-refractivity contribution is 0.658. The fraction of sp³-hybridized carbons (Fsp3) is 0.0698. The molecule has 218 valence electrons. The molecule has 1 aliphatic rings. The number of hydrogen-bond acceptors (Lipinski definition) is 2. The molecule has 46 heavy (non-hydrogen) atoms. The van der Waals surface area contributed by atoms with Gasteiger partial charge < -0.3 is 4.57 Å². The standard InChI is InChI=1S/C43H31N3/c1-43(2)36-17-9-6-16-35(36)41-39(43)40(30-22-20-29(21-23-30)28-12-4-3-5-13-28)44-42(45-41)31-24-26-32(27-25-31)46-37-18-10-7-14-33(37)34-15-8-11-19-38(34)46/h3-27H,1-2H3. The molecule has 8 aromatic rings. The topological polar surface area (TPSA) is 30.7 Å². The van der Waals surface area contributed by atoms with E-state index in [1.165, 1.54) is 49.6 Å². The predicted molar refractivity (Wildman–Crippen MR) is 190 cm³/mol. The molecular formula is C43H31N3. The highest BCUT2D eigenvalue weighted by atomic mass is 15.0. The fourth-order valence-corrected chi connectivity index (χ4v) is 7.37. The summed E-state index contributed by atoms with van der Waals surface area (Å²) in [7, 11) is 0. The van der Waals surface area contributed by atoms with E-state index in [0.29, 0.717) is 0 Å². The molecule has 2 heterocycles. The van der Waals surface area contributed by atoms with Crippen LogP contribution in [0.2, 0.25) is 0 Å². The summed E-state index contributed by atoms with van der Waals surface area (Å²) >= 11 is 0. The van der Waals surface area contributed by atoms with Crippen LogP contribution in [0, 0.1) is 0 Å². The number of benzene rings is 6. The summed E-state index contributed by atoms with van der Waals surface area (Å²) in [5.41, 5.74) is 13.5. The maximum absolute atomic E-state index is 5.34. The van der Waals surface area contributed by atoms with Crippen LogP contribution in [0.4, 0.5) is 0 Å². The number of fused-ring (bicyclic) bond motifs is 6. The van der Waals surface area contributed by atoms with Gasteiger partial charge in [0.05, 0.1) is 22.4 Å². The molecular weight excluding hydrogens is 558 g/mol. The Morgan fingerprint density at radius 1 is 0.457 bits per heavy atom. The summed E-state index contributed by atoms with van der Waals surface area (Å²) < 4.78 is 2.34. The highest BCUT2D eigenvalue weighted by molar-refractivity contribution is 6.09. The van der Waals surface area contributed by atoms with Gasteiger partial charge in [0.2, 0.25) is 0 Å². The molecule has 0 radical (unpaired) electrons. The number of aromatic nitrogens is 3. The van der Waals surface area contributed by atoms with E-state index in [2.05, 4.69) is 170 Å². The highest BCUT2D eigenvalue weighted by Gasteiger charge is 2.39. The molecule has 0 N–H and O–H groups in total. The Morgan fingerprint density at radius 2 is 0.978 bits per heavy atom. The van der Waals surface area contributed by atoms with Crippen LogP contribution < -0.4 is 0 Å². The number of rotatable bonds is 4. The smallest absolute Gasteiger partial charge is 0.160 e. The first-order chi connectivity index (χ1) is 22.6. The van der Waals surface area contributed by atoms with Gasteiger partial charge in [-0.1, -0.05) is 129 Å². The average Bonchev–Trinajstić information content (AvgIpc) is 3.57. The summed E-state index contributed by atoms with van der Waals surface area (Å²) in [6.07, 6.45) is 0. The zero-order chi connectivity index (χ0) is 30.8. The van der Waals surface area contributed by atoms with E-state index in [1.54, 1.807) is 0 Å². The van der Waals surface area contributed by atoms with Crippen LogP contribution in [0.25, 0.3) is 72.5 Å². The second-order valence-corrected chi connectivity index (χ2v) is 12.6. The molecule has 2 aromatic heterocycles. The third-order valence-electron chi connectivity index (χ3n) is 9.62. The molecule has 3 nitrogen and oxygen atoms in total. The van der Waals surface area contributed by atoms with Crippen molar-refractivity contribution >= 4 is 21.8 Å². The van der Waals surface area contributed by atoms with E-state index >= 15 is 0 Å². The number of nitrogens with zero attached hydrogens (tertiary/aromatic N) is 3. The highest BCUT2D eigenvalue weighted by Crippen LogP contribution is 2.51. The normalized spacial score (nSPS) is 13.2. The lowest BCUT2D eigenvalue weighted by atomic mass is 9.80. The van der Waals surface area contributed by atoms with Gasteiger partial charge in [-0.3, -0.25) is 0 Å². The Kier molecular flexibility index (Phi) is 5.85. The summed E-state index contributed by atoms with van der Waals surface area (Å²) in [5.74, 6) is 0.738. The molecule has 0 aliphatic heterocycles. The molecule has 0 saturated carbocycles. The third-order valence-corrected chi connectivity index (χ3v) is 9.62. The lowest BCUT2D eigenvalue weighted by Gasteiger charge is -2.24. The quantitative estimate of drug-likeness (QED) is 0.204. The van der Waals surface area contributed by atoms with Crippen LogP contribution in [0.15, 0.2) is 152 Å². The predicted octanol–water partition coefficient (Wildman–Crippen LogP) is 10.9. The van der Waals surface area contributed by atoms with Crippen molar-refractivity contribution in [1.82, 2.24) is 14.5 Å². The summed E-state index contributed by atoms with van der Waals surface area (Å²) in [6, 6.07) is 54.0. The maximum Gasteiger partial charge on any atom is 0.160 e. The average molecular weight is 590 g/mol. The Bertz CT molecular complexity index is 2360. The first kappa shape index (κ1) is 26.6. The molecule has 0 amide bonds. The first-order valence-electron chi connectivity index (χ1n) is 15.9. The van der Waals surface area contributed by atoms with E-state index in [4.69, 9.17) is 9.97 Å². The molecule has 0 saturated heterocycles. The van der Waals surface area contributed by atoms with Crippen LogP contribution in [0.1, 0.15) is 25.0 Å². The number of hydrogen-bond donors (Lipinski definition) is 0. The Morgan fingerprint density at radius 3 is 1.67 bits per heavy atom.